The summed E-state index contributed by atoms with van der Waals surface area (Å²) in [7, 11) is 0. The second-order valence-corrected chi connectivity index (χ2v) is 7.86. The first kappa shape index (κ1) is 16.6. The Labute approximate surface area is 161 Å². The molecule has 1 unspecified atom stereocenters. The van der Waals surface area contributed by atoms with Gasteiger partial charge in [0.1, 0.15) is 10.8 Å². The Morgan fingerprint density at radius 1 is 1.19 bits per heavy atom. The van der Waals surface area contributed by atoms with Gasteiger partial charge in [-0.3, -0.25) is 0 Å². The molecule has 1 aromatic heterocycles. The lowest BCUT2D eigenvalue weighted by Gasteiger charge is -2.36. The highest BCUT2D eigenvalue weighted by molar-refractivity contribution is 7.13. The highest BCUT2D eigenvalue weighted by Gasteiger charge is 2.24. The van der Waals surface area contributed by atoms with Crippen molar-refractivity contribution in [3.05, 3.63) is 58.9 Å². The molecule has 0 spiro atoms. The van der Waals surface area contributed by atoms with E-state index in [2.05, 4.69) is 17.2 Å². The minimum Gasteiger partial charge on any atom is -0.454 e. The highest BCUT2D eigenvalue weighted by atomic mass is 32.1. The predicted molar refractivity (Wildman–Crippen MR) is 104 cm³/mol. The van der Waals surface area contributed by atoms with E-state index in [4.69, 9.17) is 14.5 Å². The summed E-state index contributed by atoms with van der Waals surface area (Å²) in [5, 5.41) is 3.07. The number of benzene rings is 2. The van der Waals surface area contributed by atoms with Crippen LogP contribution in [0.25, 0.3) is 10.6 Å². The van der Waals surface area contributed by atoms with E-state index in [-0.39, 0.29) is 12.6 Å². The number of thiazole rings is 1. The number of aromatic nitrogens is 1. The van der Waals surface area contributed by atoms with Gasteiger partial charge in [0.25, 0.3) is 0 Å². The third kappa shape index (κ3) is 3.04. The molecule has 2 aromatic carbocycles. The molecule has 0 bridgehead atoms. The van der Waals surface area contributed by atoms with Crippen molar-refractivity contribution in [2.45, 2.75) is 32.4 Å². The molecule has 27 heavy (non-hydrogen) atoms. The lowest BCUT2D eigenvalue weighted by atomic mass is 9.96. The number of anilines is 1. The zero-order valence-corrected chi connectivity index (χ0v) is 15.8. The number of hydrogen-bond acceptors (Lipinski definition) is 5. The van der Waals surface area contributed by atoms with Gasteiger partial charge in [0.2, 0.25) is 6.79 Å². The summed E-state index contributed by atoms with van der Waals surface area (Å²) < 4.78 is 24.4. The van der Waals surface area contributed by atoms with E-state index in [1.807, 2.05) is 24.3 Å². The summed E-state index contributed by atoms with van der Waals surface area (Å²) in [6, 6.07) is 11.4. The quantitative estimate of drug-likeness (QED) is 0.637. The van der Waals surface area contributed by atoms with Crippen LogP contribution in [0.1, 0.15) is 24.6 Å². The number of halogens is 1. The molecule has 5 rings (SSSR count). The summed E-state index contributed by atoms with van der Waals surface area (Å²) in [5.41, 5.74) is 4.26. The topological polar surface area (TPSA) is 34.6 Å². The second kappa shape index (κ2) is 6.53. The minimum absolute atomic E-state index is 0.165. The Morgan fingerprint density at radius 2 is 2.07 bits per heavy atom. The summed E-state index contributed by atoms with van der Waals surface area (Å²) in [6.45, 7) is 3.22. The largest absolute Gasteiger partial charge is 0.454 e. The van der Waals surface area contributed by atoms with Gasteiger partial charge in [-0.05, 0) is 61.7 Å². The number of rotatable bonds is 3. The molecule has 0 N–H and O–H groups in total. The molecule has 0 fully saturated rings. The van der Waals surface area contributed by atoms with Crippen LogP contribution < -0.4 is 14.4 Å². The van der Waals surface area contributed by atoms with Gasteiger partial charge in [-0.15, -0.1) is 11.3 Å². The number of ether oxygens (including phenoxy) is 2. The standard InChI is InChI=1S/C21H19FN2O2S/c1-13-2-3-14-8-16(22)5-6-18(14)24(13)10-17-11-27-21(23-17)15-4-7-19-20(9-15)26-12-25-19/h4-9,11,13H,2-3,10,12H2,1H3. The fourth-order valence-electron chi connectivity index (χ4n) is 3.75. The van der Waals surface area contributed by atoms with Gasteiger partial charge in [0.15, 0.2) is 11.5 Å². The Kier molecular flexibility index (Phi) is 4.01. The minimum atomic E-state index is -0.165. The van der Waals surface area contributed by atoms with E-state index in [0.717, 1.165) is 58.4 Å². The average molecular weight is 382 g/mol. The van der Waals surface area contributed by atoms with Crippen molar-refractivity contribution in [3.8, 4) is 22.1 Å². The molecule has 0 saturated heterocycles. The maximum atomic E-state index is 13.6. The molecule has 0 amide bonds. The first-order chi connectivity index (χ1) is 13.2. The van der Waals surface area contributed by atoms with Crippen molar-refractivity contribution in [1.29, 1.82) is 0 Å². The Hall–Kier alpha value is -2.60. The maximum absolute atomic E-state index is 13.6. The lowest BCUT2D eigenvalue weighted by Crippen LogP contribution is -2.36. The fraction of sp³-hybridized carbons (Fsp3) is 0.286. The molecule has 2 aliphatic rings. The van der Waals surface area contributed by atoms with Crippen LogP contribution in [0, 0.1) is 5.82 Å². The van der Waals surface area contributed by atoms with E-state index >= 15 is 0 Å². The van der Waals surface area contributed by atoms with Gasteiger partial charge < -0.3 is 14.4 Å². The number of hydrogen-bond donors (Lipinski definition) is 0. The Bertz CT molecular complexity index is 1000. The smallest absolute Gasteiger partial charge is 0.231 e. The molecular weight excluding hydrogens is 363 g/mol. The van der Waals surface area contributed by atoms with Crippen LogP contribution >= 0.6 is 11.3 Å². The van der Waals surface area contributed by atoms with Crippen LogP contribution in [-0.2, 0) is 13.0 Å². The van der Waals surface area contributed by atoms with Gasteiger partial charge in [0, 0.05) is 22.7 Å². The first-order valence-corrected chi connectivity index (χ1v) is 9.95. The molecule has 3 aromatic rings. The third-order valence-corrected chi connectivity index (χ3v) is 6.16. The summed E-state index contributed by atoms with van der Waals surface area (Å²) in [4.78, 5) is 7.16. The van der Waals surface area contributed by atoms with E-state index < -0.39 is 0 Å². The molecule has 6 heteroatoms. The van der Waals surface area contributed by atoms with Crippen LogP contribution in [0.5, 0.6) is 11.5 Å². The van der Waals surface area contributed by atoms with Crippen molar-refractivity contribution < 1.29 is 13.9 Å². The summed E-state index contributed by atoms with van der Waals surface area (Å²) in [5.74, 6) is 1.38. The Balaban J connectivity index is 1.41. The summed E-state index contributed by atoms with van der Waals surface area (Å²) in [6.07, 6.45) is 1.94. The normalized spacial score (nSPS) is 17.9. The molecule has 138 valence electrons. The van der Waals surface area contributed by atoms with Crippen LogP contribution in [0.2, 0.25) is 0 Å². The molecule has 0 aliphatic carbocycles. The number of fused-ring (bicyclic) bond motifs is 2. The second-order valence-electron chi connectivity index (χ2n) is 7.00. The molecule has 2 aliphatic heterocycles. The monoisotopic (exact) mass is 382 g/mol. The zero-order valence-electron chi connectivity index (χ0n) is 14.9. The summed E-state index contributed by atoms with van der Waals surface area (Å²) >= 11 is 1.63. The third-order valence-electron chi connectivity index (χ3n) is 5.22. The fourth-order valence-corrected chi connectivity index (χ4v) is 4.56. The zero-order chi connectivity index (χ0) is 18.4. The van der Waals surface area contributed by atoms with E-state index in [1.54, 1.807) is 23.5 Å². The van der Waals surface area contributed by atoms with Gasteiger partial charge >= 0.3 is 0 Å². The Morgan fingerprint density at radius 3 is 3.00 bits per heavy atom. The average Bonchev–Trinajstić information content (AvgIpc) is 3.32. The van der Waals surface area contributed by atoms with Crippen LogP contribution in [0.15, 0.2) is 41.8 Å². The van der Waals surface area contributed by atoms with Gasteiger partial charge in [-0.1, -0.05) is 0 Å². The van der Waals surface area contributed by atoms with Crippen molar-refractivity contribution in [2.75, 3.05) is 11.7 Å². The van der Waals surface area contributed by atoms with E-state index in [1.165, 1.54) is 0 Å². The lowest BCUT2D eigenvalue weighted by molar-refractivity contribution is 0.174. The van der Waals surface area contributed by atoms with Gasteiger partial charge in [-0.2, -0.15) is 0 Å². The molecule has 3 heterocycles. The van der Waals surface area contributed by atoms with Crippen LogP contribution in [0.4, 0.5) is 10.1 Å². The van der Waals surface area contributed by atoms with E-state index in [0.29, 0.717) is 6.04 Å². The number of nitrogens with zero attached hydrogens (tertiary/aromatic N) is 2. The van der Waals surface area contributed by atoms with Crippen molar-refractivity contribution in [2.24, 2.45) is 0 Å². The first-order valence-electron chi connectivity index (χ1n) is 9.07. The van der Waals surface area contributed by atoms with Gasteiger partial charge in [0.05, 0.1) is 12.2 Å². The van der Waals surface area contributed by atoms with Crippen LogP contribution in [-0.4, -0.2) is 17.8 Å². The molecule has 4 nitrogen and oxygen atoms in total. The van der Waals surface area contributed by atoms with Crippen molar-refractivity contribution >= 4 is 17.0 Å². The molecule has 1 atom stereocenters. The van der Waals surface area contributed by atoms with Crippen LogP contribution in [0.3, 0.4) is 0 Å². The highest BCUT2D eigenvalue weighted by Crippen LogP contribution is 2.37. The van der Waals surface area contributed by atoms with Crippen molar-refractivity contribution in [3.63, 3.8) is 0 Å². The van der Waals surface area contributed by atoms with E-state index in [9.17, 15) is 4.39 Å². The number of aryl methyl sites for hydroxylation is 1. The van der Waals surface area contributed by atoms with Crippen molar-refractivity contribution in [1.82, 2.24) is 4.98 Å². The SMILES string of the molecule is CC1CCc2cc(F)ccc2N1Cc1csc(-c2ccc3c(c2)OCO3)n1. The molecular formula is C21H19FN2O2S. The predicted octanol–water partition coefficient (Wildman–Crippen LogP) is 5.02. The molecule has 0 saturated carbocycles. The molecule has 0 radical (unpaired) electrons. The maximum Gasteiger partial charge on any atom is 0.231 e. The van der Waals surface area contributed by atoms with Gasteiger partial charge in [-0.25, -0.2) is 9.37 Å².